The van der Waals surface area contributed by atoms with Gasteiger partial charge in [-0.05, 0) is 11.6 Å². The first-order valence-electron chi connectivity index (χ1n) is 3.82. The predicted molar refractivity (Wildman–Crippen MR) is 48.4 cm³/mol. The maximum atomic E-state index is 11.4. The number of anilines is 1. The third-order valence-electron chi connectivity index (χ3n) is 1.26. The Morgan fingerprint density at radius 1 is 1.69 bits per heavy atom. The molecule has 1 aromatic heterocycles. The van der Waals surface area contributed by atoms with Crippen LogP contribution in [0.25, 0.3) is 0 Å². The highest BCUT2D eigenvalue weighted by Gasteiger charge is 2.07. The van der Waals surface area contributed by atoms with Crippen molar-refractivity contribution in [3.8, 4) is 0 Å². The van der Waals surface area contributed by atoms with Gasteiger partial charge in [-0.3, -0.25) is 4.72 Å². The van der Waals surface area contributed by atoms with Crippen molar-refractivity contribution < 1.29 is 4.21 Å². The average Bonchev–Trinajstić information content (AvgIpc) is 2.34. The van der Waals surface area contributed by atoms with E-state index in [9.17, 15) is 4.21 Å². The number of rotatable bonds is 4. The molecule has 7 nitrogen and oxygen atoms in total. The summed E-state index contributed by atoms with van der Waals surface area (Å²) >= 11 is 0. The molecule has 1 atom stereocenters. The van der Waals surface area contributed by atoms with E-state index >= 15 is 0 Å². The van der Waals surface area contributed by atoms with Crippen LogP contribution in [0.15, 0.2) is 0 Å². The number of aromatic nitrogens is 4. The second-order valence-corrected chi connectivity index (χ2v) is 4.55. The molecule has 74 valence electrons. The van der Waals surface area contributed by atoms with Gasteiger partial charge in [0.05, 0.1) is 12.8 Å². The lowest BCUT2D eigenvalue weighted by Crippen LogP contribution is -2.15. The number of hydrogen-bond acceptors (Lipinski definition) is 5. The number of hydrogen-bond donors (Lipinski definition) is 2. The second kappa shape index (κ2) is 3.69. The highest BCUT2D eigenvalue weighted by Crippen LogP contribution is 2.00. The molecule has 1 heterocycles. The third kappa shape index (κ3) is 2.98. The van der Waals surface area contributed by atoms with Crippen LogP contribution in [0.5, 0.6) is 0 Å². The summed E-state index contributed by atoms with van der Waals surface area (Å²) in [5, 5.41) is 10.9. The average molecular weight is 204 g/mol. The van der Waals surface area contributed by atoms with Crippen molar-refractivity contribution in [1.29, 1.82) is 4.78 Å². The lowest BCUT2D eigenvalue weighted by molar-refractivity contribution is 0.630. The van der Waals surface area contributed by atoms with Crippen molar-refractivity contribution in [2.45, 2.75) is 13.3 Å². The fourth-order valence-electron chi connectivity index (χ4n) is 0.811. The summed E-state index contributed by atoms with van der Waals surface area (Å²) < 4.78 is 21.2. The standard InChI is InChI=1S/C5H12N6OS/c1-3-4-13(6,12)9-5-7-10-11(2)8-5/h3-4H2,1-2H3,(H2,6,8,9,12). The van der Waals surface area contributed by atoms with Crippen molar-refractivity contribution in [2.75, 3.05) is 10.5 Å². The van der Waals surface area contributed by atoms with E-state index in [1.54, 1.807) is 7.05 Å². The van der Waals surface area contributed by atoms with Crippen LogP contribution >= 0.6 is 0 Å². The van der Waals surface area contributed by atoms with Gasteiger partial charge in [-0.15, -0.1) is 5.10 Å². The highest BCUT2D eigenvalue weighted by molar-refractivity contribution is 7.93. The van der Waals surface area contributed by atoms with E-state index in [1.165, 1.54) is 4.80 Å². The van der Waals surface area contributed by atoms with Crippen molar-refractivity contribution in [3.63, 3.8) is 0 Å². The fourth-order valence-corrected chi connectivity index (χ4v) is 1.86. The molecule has 0 amide bonds. The van der Waals surface area contributed by atoms with Crippen LogP contribution in [0.2, 0.25) is 0 Å². The first-order valence-corrected chi connectivity index (χ1v) is 5.54. The van der Waals surface area contributed by atoms with Crippen LogP contribution in [0.3, 0.4) is 0 Å². The molecule has 2 N–H and O–H groups in total. The van der Waals surface area contributed by atoms with Gasteiger partial charge in [-0.25, -0.2) is 8.99 Å². The third-order valence-corrected chi connectivity index (χ3v) is 2.75. The minimum absolute atomic E-state index is 0.135. The van der Waals surface area contributed by atoms with E-state index in [4.69, 9.17) is 4.78 Å². The van der Waals surface area contributed by atoms with Gasteiger partial charge in [0.15, 0.2) is 0 Å². The molecule has 0 aromatic carbocycles. The lowest BCUT2D eigenvalue weighted by atomic mass is 10.6. The van der Waals surface area contributed by atoms with Crippen LogP contribution in [0.1, 0.15) is 13.3 Å². The van der Waals surface area contributed by atoms with Gasteiger partial charge in [0.1, 0.15) is 9.92 Å². The maximum Gasteiger partial charge on any atom is 0.275 e. The molecule has 0 aliphatic rings. The normalized spacial score (nSPS) is 15.2. The number of nitrogens with one attached hydrogen (secondary N) is 2. The molecule has 8 heteroatoms. The van der Waals surface area contributed by atoms with E-state index in [-0.39, 0.29) is 11.7 Å². The Labute approximate surface area is 76.6 Å². The SMILES string of the molecule is CCCS(=N)(=O)Nc1nnn(C)n1. The van der Waals surface area contributed by atoms with Crippen LogP contribution in [-0.2, 0) is 17.0 Å². The molecule has 0 aliphatic heterocycles. The summed E-state index contributed by atoms with van der Waals surface area (Å²) in [5.74, 6) is 0.418. The van der Waals surface area contributed by atoms with Gasteiger partial charge in [-0.2, -0.15) is 4.80 Å². The molecule has 0 radical (unpaired) electrons. The Balaban J connectivity index is 2.69. The van der Waals surface area contributed by atoms with E-state index in [1.807, 2.05) is 6.92 Å². The van der Waals surface area contributed by atoms with Crippen molar-refractivity contribution in [2.24, 2.45) is 7.05 Å². The van der Waals surface area contributed by atoms with Crippen molar-refractivity contribution >= 4 is 15.9 Å². The summed E-state index contributed by atoms with van der Waals surface area (Å²) in [7, 11) is -1.20. The molecule has 0 bridgehead atoms. The van der Waals surface area contributed by atoms with Gasteiger partial charge in [0, 0.05) is 0 Å². The van der Waals surface area contributed by atoms with E-state index < -0.39 is 9.92 Å². The lowest BCUT2D eigenvalue weighted by Gasteiger charge is -2.03. The zero-order valence-electron chi connectivity index (χ0n) is 7.52. The Kier molecular flexibility index (Phi) is 2.81. The molecule has 0 spiro atoms. The molecule has 0 saturated carbocycles. The topological polar surface area (TPSA) is 96.5 Å². The first kappa shape index (κ1) is 9.90. The molecule has 13 heavy (non-hydrogen) atoms. The Morgan fingerprint density at radius 3 is 2.85 bits per heavy atom. The zero-order valence-corrected chi connectivity index (χ0v) is 8.34. The smallest absolute Gasteiger partial charge is 0.264 e. The Morgan fingerprint density at radius 2 is 2.38 bits per heavy atom. The maximum absolute atomic E-state index is 11.4. The summed E-state index contributed by atoms with van der Waals surface area (Å²) in [6.07, 6.45) is 0.676. The van der Waals surface area contributed by atoms with Crippen molar-refractivity contribution in [3.05, 3.63) is 0 Å². The van der Waals surface area contributed by atoms with E-state index in [2.05, 4.69) is 20.1 Å². The Bertz CT molecular complexity index is 368. The van der Waals surface area contributed by atoms with Crippen LogP contribution in [0, 0.1) is 4.78 Å². The minimum atomic E-state index is -2.80. The predicted octanol–water partition coefficient (Wildman–Crippen LogP) is -0.00623. The minimum Gasteiger partial charge on any atom is -0.264 e. The summed E-state index contributed by atoms with van der Waals surface area (Å²) in [6.45, 7) is 1.86. The number of aryl methyl sites for hydroxylation is 1. The van der Waals surface area contributed by atoms with Crippen LogP contribution in [0.4, 0.5) is 5.95 Å². The molecule has 1 aromatic rings. The molecular formula is C5H12N6OS. The first-order chi connectivity index (χ1) is 6.03. The van der Waals surface area contributed by atoms with Crippen LogP contribution in [-0.4, -0.2) is 30.2 Å². The largest absolute Gasteiger partial charge is 0.275 e. The van der Waals surface area contributed by atoms with E-state index in [0.717, 1.165) is 0 Å². The summed E-state index contributed by atoms with van der Waals surface area (Å²) in [4.78, 5) is 1.24. The number of tetrazole rings is 1. The van der Waals surface area contributed by atoms with Crippen LogP contribution < -0.4 is 4.72 Å². The number of nitrogens with zero attached hydrogens (tertiary/aromatic N) is 4. The van der Waals surface area contributed by atoms with Gasteiger partial charge in [0.25, 0.3) is 5.95 Å². The van der Waals surface area contributed by atoms with Gasteiger partial charge in [-0.1, -0.05) is 12.0 Å². The van der Waals surface area contributed by atoms with Gasteiger partial charge in [0.2, 0.25) is 0 Å². The van der Waals surface area contributed by atoms with Gasteiger partial charge < -0.3 is 0 Å². The monoisotopic (exact) mass is 204 g/mol. The second-order valence-electron chi connectivity index (χ2n) is 2.58. The summed E-state index contributed by atoms with van der Waals surface area (Å²) in [6, 6.07) is 0. The van der Waals surface area contributed by atoms with E-state index in [0.29, 0.717) is 6.42 Å². The van der Waals surface area contributed by atoms with Crippen molar-refractivity contribution in [1.82, 2.24) is 20.2 Å². The molecule has 0 saturated heterocycles. The van der Waals surface area contributed by atoms with Gasteiger partial charge >= 0.3 is 0 Å². The molecule has 0 fully saturated rings. The zero-order chi connectivity index (χ0) is 9.90. The molecule has 1 rings (SSSR count). The highest BCUT2D eigenvalue weighted by atomic mass is 32.2. The molecular weight excluding hydrogens is 192 g/mol. The fraction of sp³-hybridized carbons (Fsp3) is 0.800. The summed E-state index contributed by atoms with van der Waals surface area (Å²) in [5.41, 5.74) is 0. The quantitative estimate of drug-likeness (QED) is 0.721. The Hall–Kier alpha value is -1.18. The molecule has 1 unspecified atom stereocenters. The molecule has 0 aliphatic carbocycles.